The van der Waals surface area contributed by atoms with E-state index in [0.717, 1.165) is 30.7 Å². The predicted octanol–water partition coefficient (Wildman–Crippen LogP) is 8.35. The van der Waals surface area contributed by atoms with Crippen molar-refractivity contribution < 1.29 is 42.5 Å². The van der Waals surface area contributed by atoms with Gasteiger partial charge in [-0.05, 0) is 84.8 Å². The molecule has 2 N–H and O–H groups in total. The Labute approximate surface area is 289 Å². The number of nitrogens with one attached hydrogen (secondary N) is 1. The number of ether oxygens (including phenoxy) is 2. The number of unbranched alkanes of at least 4 members (excludes halogenated alkanes) is 4. The van der Waals surface area contributed by atoms with Crippen molar-refractivity contribution in [2.45, 2.75) is 58.4 Å². The molecule has 0 bridgehead atoms. The van der Waals surface area contributed by atoms with Crippen molar-refractivity contribution in [2.75, 3.05) is 18.5 Å². The summed E-state index contributed by atoms with van der Waals surface area (Å²) in [5.74, 6) is -5.10. The lowest BCUT2D eigenvalue weighted by molar-refractivity contribution is -0.137. The van der Waals surface area contributed by atoms with Crippen LogP contribution >= 0.6 is 0 Å². The third-order valence-electron chi connectivity index (χ3n) is 7.75. The normalized spacial score (nSPS) is 11.0. The van der Waals surface area contributed by atoms with Crippen molar-refractivity contribution >= 4 is 29.4 Å². The van der Waals surface area contributed by atoms with Gasteiger partial charge in [0, 0.05) is 35.8 Å². The monoisotopic (exact) mass is 686 g/mol. The van der Waals surface area contributed by atoms with Gasteiger partial charge in [0.2, 0.25) is 0 Å². The fourth-order valence-corrected chi connectivity index (χ4v) is 5.01. The van der Waals surface area contributed by atoms with E-state index in [2.05, 4.69) is 12.2 Å². The first-order valence-corrected chi connectivity index (χ1v) is 16.4. The number of carboxylic acid groups (broad SMARTS) is 1. The van der Waals surface area contributed by atoms with Crippen molar-refractivity contribution in [3.8, 4) is 11.5 Å². The summed E-state index contributed by atoms with van der Waals surface area (Å²) in [6.07, 6.45) is 5.69. The molecule has 4 rings (SSSR count). The highest BCUT2D eigenvalue weighted by molar-refractivity contribution is 6.04. The van der Waals surface area contributed by atoms with Crippen LogP contribution < -0.4 is 14.8 Å². The summed E-state index contributed by atoms with van der Waals surface area (Å²) >= 11 is 0. The van der Waals surface area contributed by atoms with E-state index in [1.54, 1.807) is 48.5 Å². The number of hydrogen-bond donors (Lipinski definition) is 2. The van der Waals surface area contributed by atoms with Gasteiger partial charge in [0.1, 0.15) is 18.0 Å². The molecule has 4 aromatic rings. The number of halogens is 2. The summed E-state index contributed by atoms with van der Waals surface area (Å²) in [6, 6.07) is 24.0. The van der Waals surface area contributed by atoms with E-state index in [1.807, 2.05) is 0 Å². The Bertz CT molecular complexity index is 1750. The number of hydrogen-bond acceptors (Lipinski definition) is 6. The first kappa shape index (κ1) is 37.2. The van der Waals surface area contributed by atoms with E-state index < -0.39 is 36.2 Å². The first-order chi connectivity index (χ1) is 23.9. The van der Waals surface area contributed by atoms with E-state index in [-0.39, 0.29) is 29.0 Å². The van der Waals surface area contributed by atoms with Crippen LogP contribution in [0.25, 0.3) is 0 Å². The number of carboxylic acids is 1. The van der Waals surface area contributed by atoms with Crippen LogP contribution in [0, 0.1) is 0 Å². The minimum absolute atomic E-state index is 0.0421. The van der Waals surface area contributed by atoms with Gasteiger partial charge in [-0.15, -0.1) is 0 Å². The highest BCUT2D eigenvalue weighted by Gasteiger charge is 2.25. The summed E-state index contributed by atoms with van der Waals surface area (Å²) in [5, 5.41) is 12.1. The summed E-state index contributed by atoms with van der Waals surface area (Å²) in [4.78, 5) is 51.4. The number of alkyl halides is 2. The summed E-state index contributed by atoms with van der Waals surface area (Å²) in [5.41, 5.74) is 1.18. The molecule has 0 heterocycles. The molecule has 9 nitrogen and oxygen atoms in total. The average Bonchev–Trinajstić information content (AvgIpc) is 3.10. The van der Waals surface area contributed by atoms with E-state index >= 15 is 0 Å². The van der Waals surface area contributed by atoms with E-state index in [4.69, 9.17) is 9.47 Å². The van der Waals surface area contributed by atoms with Crippen LogP contribution in [0.3, 0.4) is 0 Å². The third kappa shape index (κ3) is 11.3. The van der Waals surface area contributed by atoms with E-state index in [0.29, 0.717) is 29.2 Å². The quantitative estimate of drug-likeness (QED) is 0.0651. The summed E-state index contributed by atoms with van der Waals surface area (Å²) in [7, 11) is 0. The lowest BCUT2D eigenvalue weighted by atomic mass is 10.1. The molecule has 0 saturated carbocycles. The molecule has 0 fully saturated rings. The number of benzene rings is 4. The molecule has 0 saturated heterocycles. The van der Waals surface area contributed by atoms with Gasteiger partial charge in [-0.25, -0.2) is 13.6 Å². The molecule has 262 valence electrons. The lowest BCUT2D eigenvalue weighted by Gasteiger charge is -2.21. The molecule has 0 atom stereocenters. The van der Waals surface area contributed by atoms with Gasteiger partial charge in [0.15, 0.2) is 0 Å². The Morgan fingerprint density at radius 1 is 0.780 bits per heavy atom. The molecule has 0 aliphatic carbocycles. The second kappa shape index (κ2) is 17.7. The Kier molecular flexibility index (Phi) is 13.2. The number of aliphatic carboxylic acids is 1. The van der Waals surface area contributed by atoms with E-state index in [1.165, 1.54) is 61.7 Å². The lowest BCUT2D eigenvalue weighted by Crippen LogP contribution is -2.35. The smallest absolute Gasteiger partial charge is 0.343 e. The maximum absolute atomic E-state index is 13.7. The minimum Gasteiger partial charge on any atom is -0.494 e. The zero-order valence-electron chi connectivity index (χ0n) is 28.0. The fourth-order valence-electron chi connectivity index (χ4n) is 5.01. The third-order valence-corrected chi connectivity index (χ3v) is 7.75. The largest absolute Gasteiger partial charge is 0.494 e. The molecule has 2 amide bonds. The second-order valence-electron chi connectivity index (χ2n) is 11.9. The molecule has 0 spiro atoms. The summed E-state index contributed by atoms with van der Waals surface area (Å²) in [6.45, 7) is 2.91. The molecule has 0 aliphatic heterocycles. The number of anilines is 1. The molecular weight excluding hydrogens is 646 g/mol. The maximum atomic E-state index is 13.7. The molecule has 11 heteroatoms. The van der Waals surface area contributed by atoms with Gasteiger partial charge >= 0.3 is 11.9 Å². The number of carbonyl (C=O) groups is 4. The van der Waals surface area contributed by atoms with Crippen LogP contribution in [-0.2, 0) is 17.3 Å². The highest BCUT2D eigenvalue weighted by Crippen LogP contribution is 2.27. The zero-order chi connectivity index (χ0) is 36.1. The standard InChI is InChI=1S/C39H40F2N2O7/c1-3-4-5-6-7-23-49-33-21-15-29(16-22-33)38(48)50-34-19-11-27(12-20-34)25-43(26-35(44)45)37(47)28-13-17-32(18-14-28)42-36(46)30-9-8-10-31(24-30)39(2,40)41/h8-22,24H,3-7,23,25-26H2,1-2H3,(H,42,46)(H,44,45). The van der Waals surface area contributed by atoms with Gasteiger partial charge in [-0.2, -0.15) is 0 Å². The highest BCUT2D eigenvalue weighted by atomic mass is 19.3. The molecule has 0 radical (unpaired) electrons. The topological polar surface area (TPSA) is 122 Å². The van der Waals surface area contributed by atoms with Crippen LogP contribution in [0.2, 0.25) is 0 Å². The molecule has 4 aromatic carbocycles. The van der Waals surface area contributed by atoms with Gasteiger partial charge in [0.25, 0.3) is 17.7 Å². The molecule has 0 aliphatic rings. The second-order valence-corrected chi connectivity index (χ2v) is 11.9. The molecular formula is C39H40F2N2O7. The maximum Gasteiger partial charge on any atom is 0.343 e. The van der Waals surface area contributed by atoms with Crippen LogP contribution in [0.1, 0.15) is 88.2 Å². The minimum atomic E-state index is -3.11. The van der Waals surface area contributed by atoms with E-state index in [9.17, 15) is 33.1 Å². The van der Waals surface area contributed by atoms with Crippen molar-refractivity contribution in [1.29, 1.82) is 0 Å². The Morgan fingerprint density at radius 3 is 2.06 bits per heavy atom. The van der Waals surface area contributed by atoms with Gasteiger partial charge < -0.3 is 24.8 Å². The number of esters is 1. The van der Waals surface area contributed by atoms with Gasteiger partial charge in [0.05, 0.1) is 12.2 Å². The van der Waals surface area contributed by atoms with Crippen LogP contribution in [0.4, 0.5) is 14.5 Å². The zero-order valence-corrected chi connectivity index (χ0v) is 28.0. The number of amides is 2. The summed E-state index contributed by atoms with van der Waals surface area (Å²) < 4.78 is 38.6. The first-order valence-electron chi connectivity index (χ1n) is 16.4. The number of carbonyl (C=O) groups excluding carboxylic acids is 3. The van der Waals surface area contributed by atoms with Crippen LogP contribution in [0.15, 0.2) is 97.1 Å². The van der Waals surface area contributed by atoms with Crippen molar-refractivity contribution in [3.05, 3.63) is 125 Å². The molecule has 0 aromatic heterocycles. The van der Waals surface area contributed by atoms with Gasteiger partial charge in [-0.1, -0.05) is 56.9 Å². The van der Waals surface area contributed by atoms with Crippen molar-refractivity contribution in [3.63, 3.8) is 0 Å². The van der Waals surface area contributed by atoms with Crippen LogP contribution in [0.5, 0.6) is 11.5 Å². The predicted molar refractivity (Wildman–Crippen MR) is 185 cm³/mol. The van der Waals surface area contributed by atoms with Crippen LogP contribution in [-0.4, -0.2) is 46.9 Å². The van der Waals surface area contributed by atoms with Crippen molar-refractivity contribution in [1.82, 2.24) is 4.90 Å². The Hall–Kier alpha value is -5.58. The SMILES string of the molecule is CCCCCCCOc1ccc(C(=O)Oc2ccc(CN(CC(=O)O)C(=O)c3ccc(NC(=O)c4cccc(C(C)(F)F)c4)cc3)cc2)cc1. The van der Waals surface area contributed by atoms with Gasteiger partial charge in [-0.3, -0.25) is 14.4 Å². The number of rotatable bonds is 17. The fraction of sp³-hybridized carbons (Fsp3) is 0.282. The molecule has 50 heavy (non-hydrogen) atoms. The van der Waals surface area contributed by atoms with Crippen molar-refractivity contribution in [2.24, 2.45) is 0 Å². The average molecular weight is 687 g/mol. The Morgan fingerprint density at radius 2 is 1.42 bits per heavy atom. The Balaban J connectivity index is 1.32. The number of nitrogens with zero attached hydrogens (tertiary/aromatic N) is 1. The molecule has 0 unspecified atom stereocenters.